The van der Waals surface area contributed by atoms with E-state index in [1.807, 2.05) is 72.8 Å². The van der Waals surface area contributed by atoms with E-state index >= 15 is 0 Å². The smallest absolute Gasteiger partial charge is 0.338 e. The number of methoxy groups -OCH3 is 2. The molecule has 0 spiro atoms. The molecule has 4 N–H and O–H groups in total. The summed E-state index contributed by atoms with van der Waals surface area (Å²) in [6, 6.07) is 31.9. The molecular weight excluding hydrogens is 861 g/mol. The van der Waals surface area contributed by atoms with Crippen LogP contribution in [0, 0.1) is 27.7 Å². The van der Waals surface area contributed by atoms with Crippen molar-refractivity contribution in [1.29, 1.82) is 0 Å². The van der Waals surface area contributed by atoms with Crippen molar-refractivity contribution in [2.45, 2.75) is 55.4 Å². The van der Waals surface area contributed by atoms with E-state index in [-0.39, 0.29) is 11.9 Å². The van der Waals surface area contributed by atoms with Gasteiger partial charge in [0.1, 0.15) is 35.8 Å². The minimum absolute atomic E-state index is 0.357. The van der Waals surface area contributed by atoms with Gasteiger partial charge < -0.3 is 43.9 Å². The summed E-state index contributed by atoms with van der Waals surface area (Å²) in [5, 5.41) is 27.5. The maximum Gasteiger partial charge on any atom is 0.338 e. The Kier molecular flexibility index (Phi) is 16.0. The maximum absolute atomic E-state index is 12.6. The van der Waals surface area contributed by atoms with Crippen molar-refractivity contribution in [3.05, 3.63) is 141 Å². The Balaban J connectivity index is 0.000000208. The van der Waals surface area contributed by atoms with Gasteiger partial charge in [-0.3, -0.25) is 0 Å². The van der Waals surface area contributed by atoms with Crippen LogP contribution in [0.1, 0.15) is 70.7 Å². The van der Waals surface area contributed by atoms with E-state index in [9.17, 15) is 9.59 Å². The number of aryl methyl sites for hydroxylation is 4. The molecule has 0 fully saturated rings. The van der Waals surface area contributed by atoms with Crippen LogP contribution < -0.4 is 41.5 Å². The van der Waals surface area contributed by atoms with E-state index in [1.165, 1.54) is 14.2 Å². The number of rotatable bonds is 10. The molecule has 13 heteroatoms. The van der Waals surface area contributed by atoms with E-state index < -0.39 is 6.16 Å². The Labute approximate surface area is 395 Å². The first kappa shape index (κ1) is 49.5. The van der Waals surface area contributed by atoms with Crippen LogP contribution in [0.4, 0.5) is 16.2 Å². The number of esters is 2. The van der Waals surface area contributed by atoms with Crippen molar-refractivity contribution in [2.75, 3.05) is 51.0 Å². The van der Waals surface area contributed by atoms with Crippen LogP contribution in [0.3, 0.4) is 0 Å². The highest BCUT2D eigenvalue weighted by Crippen LogP contribution is 2.44. The number of nitrogens with one attached hydrogen (secondary N) is 4. The zero-order valence-electron chi connectivity index (χ0n) is 40.2. The molecule has 4 aliphatic rings. The van der Waals surface area contributed by atoms with E-state index in [2.05, 4.69) is 100 Å². The van der Waals surface area contributed by atoms with Gasteiger partial charge in [0.15, 0.2) is 0 Å². The fourth-order valence-corrected chi connectivity index (χ4v) is 8.48. The molecule has 68 heavy (non-hydrogen) atoms. The van der Waals surface area contributed by atoms with Gasteiger partial charge in [-0.2, -0.15) is 0 Å². The Morgan fingerprint density at radius 2 is 0.897 bits per heavy atom. The third-order valence-electron chi connectivity index (χ3n) is 11.5. The molecule has 352 valence electrons. The third kappa shape index (κ3) is 10.5. The van der Waals surface area contributed by atoms with Crippen molar-refractivity contribution < 1.29 is 52.9 Å². The second kappa shape index (κ2) is 22.0. The number of ether oxygens (including phenoxy) is 2. The largest absolute Gasteiger partial charge is 0.652 e. The molecule has 13 nitrogen and oxygen atoms in total. The quantitative estimate of drug-likeness (QED) is 0.0981. The summed E-state index contributed by atoms with van der Waals surface area (Å²) in [7, 11) is 2.82. The van der Waals surface area contributed by atoms with Crippen LogP contribution in [-0.2, 0) is 9.47 Å². The van der Waals surface area contributed by atoms with Gasteiger partial charge in [0.25, 0.3) is 0 Å². The van der Waals surface area contributed by atoms with Crippen LogP contribution >= 0.6 is 0 Å². The number of hydrogen-bond donors (Lipinski definition) is 4. The van der Waals surface area contributed by atoms with Gasteiger partial charge in [-0.1, -0.05) is 36.4 Å². The molecule has 0 saturated heterocycles. The van der Waals surface area contributed by atoms with Gasteiger partial charge in [0, 0.05) is 80.8 Å². The van der Waals surface area contributed by atoms with Crippen molar-refractivity contribution in [3.8, 4) is 44.9 Å². The summed E-state index contributed by atoms with van der Waals surface area (Å²) in [5.74, 6) is 0.814. The predicted octanol–water partition coefficient (Wildman–Crippen LogP) is 5.64. The van der Waals surface area contributed by atoms with Crippen LogP contribution in [0.15, 0.2) is 106 Å². The van der Waals surface area contributed by atoms with Gasteiger partial charge in [0.2, 0.25) is 10.7 Å². The minimum Gasteiger partial charge on any atom is -0.652 e. The lowest BCUT2D eigenvalue weighted by atomic mass is 9.89. The number of fused-ring (bicyclic) bond motifs is 4. The number of benzene rings is 6. The summed E-state index contributed by atoms with van der Waals surface area (Å²) in [5.41, 5.74) is 14.7. The van der Waals surface area contributed by atoms with Crippen LogP contribution in [0.25, 0.3) is 66.8 Å². The molecule has 0 aromatic heterocycles. The normalized spacial score (nSPS) is 11.5. The number of carbonyl (C=O) groups excluding carboxylic acids is 3. The number of carboxylic acid groups (broad SMARTS) is 2. The molecule has 0 atom stereocenters. The third-order valence-corrected chi connectivity index (χ3v) is 11.5. The van der Waals surface area contributed by atoms with Crippen molar-refractivity contribution in [3.63, 3.8) is 0 Å². The zero-order chi connectivity index (χ0) is 49.2. The minimum atomic E-state index is -2.33. The Hall–Kier alpha value is -7.93. The topological polar surface area (TPSA) is 194 Å². The average Bonchev–Trinajstić information content (AvgIpc) is 3.31. The molecule has 4 aromatic carbocycles. The first-order valence-electron chi connectivity index (χ1n) is 22.6. The summed E-state index contributed by atoms with van der Waals surface area (Å²) >= 11 is 0. The summed E-state index contributed by atoms with van der Waals surface area (Å²) < 4.78 is 23.0. The average molecular weight is 919 g/mol. The maximum atomic E-state index is 12.6. The van der Waals surface area contributed by atoms with Gasteiger partial charge in [0.05, 0.1) is 37.5 Å². The number of hydrogen-bond acceptors (Lipinski definition) is 11. The molecule has 0 bridgehead atoms. The molecular formula is C55H58N4O9. The van der Waals surface area contributed by atoms with Crippen LogP contribution in [0.2, 0.25) is 0 Å². The molecule has 8 rings (SSSR count). The summed E-state index contributed by atoms with van der Waals surface area (Å²) in [4.78, 5) is 40.4. The van der Waals surface area contributed by atoms with Gasteiger partial charge in [-0.25, -0.2) is 19.6 Å². The highest BCUT2D eigenvalue weighted by atomic mass is 16.6. The first-order valence-corrected chi connectivity index (χ1v) is 22.6. The van der Waals surface area contributed by atoms with Crippen LogP contribution in [0.5, 0.6) is 0 Å². The molecule has 2 heterocycles. The standard InChI is InChI=1S/2C27H28N2O3.CH2O3/c2*1-6-28-22-14-24-20(12-16(22)3)26(18-10-8-9-11-19(18)27(30)31-5)21-13-17(4)23(29-7-2)15-25(21)32-24;2-1(3)4/h2*8-15,28H,6-7H2,1-5H3;(H2,2,3,4). The monoisotopic (exact) mass is 918 g/mol. The number of anilines is 2. The molecule has 2 aliphatic heterocycles. The molecule has 0 radical (unpaired) electrons. The van der Waals surface area contributed by atoms with Crippen molar-refractivity contribution in [2.24, 2.45) is 0 Å². The van der Waals surface area contributed by atoms with Crippen molar-refractivity contribution in [1.82, 2.24) is 0 Å². The molecule has 0 unspecified atom stereocenters. The molecule has 0 amide bonds. The lowest BCUT2D eigenvalue weighted by Gasteiger charge is -2.19. The fourth-order valence-electron chi connectivity index (χ4n) is 8.48. The SMILES string of the molecule is CCNc1cc2oc3cc(=[NH+]CC)c(C)cc-3c(-c3ccccc3C(=O)OC)c2cc1C.CCNc1cc2oc3cc(=[NH+]CC)c(C)cc-3c(-c3ccccc3C(=O)OC)c2cc1C.O=C([O-])[O-]. The second-order valence-corrected chi connectivity index (χ2v) is 16.1. The summed E-state index contributed by atoms with van der Waals surface area (Å²) in [6.45, 7) is 19.9. The fraction of sp³-hybridized carbons (Fsp3) is 0.255. The summed E-state index contributed by atoms with van der Waals surface area (Å²) in [6.07, 6.45) is -2.33. The zero-order valence-corrected chi connectivity index (χ0v) is 40.2. The van der Waals surface area contributed by atoms with E-state index in [0.29, 0.717) is 11.1 Å². The molecule has 0 saturated carbocycles. The van der Waals surface area contributed by atoms with Crippen molar-refractivity contribution >= 4 is 51.4 Å². The Bertz CT molecular complexity index is 3020. The first-order chi connectivity index (χ1) is 32.7. The predicted molar refractivity (Wildman–Crippen MR) is 261 cm³/mol. The highest BCUT2D eigenvalue weighted by molar-refractivity contribution is 6.10. The van der Waals surface area contributed by atoms with Gasteiger partial charge in [-0.05, 0) is 120 Å². The van der Waals surface area contributed by atoms with E-state index in [1.54, 1.807) is 0 Å². The van der Waals surface area contributed by atoms with E-state index in [4.69, 9.17) is 33.3 Å². The Morgan fingerprint density at radius 1 is 0.529 bits per heavy atom. The lowest BCUT2D eigenvalue weighted by molar-refractivity contribution is -0.496. The molecule has 2 aliphatic carbocycles. The molecule has 4 aromatic rings. The number of carbonyl (C=O) groups is 3. The van der Waals surface area contributed by atoms with Gasteiger partial charge in [-0.15, -0.1) is 0 Å². The van der Waals surface area contributed by atoms with Gasteiger partial charge >= 0.3 is 11.9 Å². The lowest BCUT2D eigenvalue weighted by Crippen LogP contribution is -2.76. The van der Waals surface area contributed by atoms with Crippen LogP contribution in [-0.4, -0.2) is 58.5 Å². The Morgan fingerprint density at radius 3 is 1.24 bits per heavy atom. The second-order valence-electron chi connectivity index (χ2n) is 16.1. The van der Waals surface area contributed by atoms with E-state index in [0.717, 1.165) is 137 Å². The highest BCUT2D eigenvalue weighted by Gasteiger charge is 2.25.